The molecule has 0 atom stereocenters. The molecule has 2 aromatic heterocycles. The Kier molecular flexibility index (Phi) is 4.97. The Labute approximate surface area is 177 Å². The Bertz CT molecular complexity index is 1110. The molecule has 1 fully saturated rings. The maximum Gasteiger partial charge on any atom is 0.150 e. The molecule has 0 bridgehead atoms. The number of fused-ring (bicyclic) bond motifs is 1. The van der Waals surface area contributed by atoms with E-state index in [1.54, 1.807) is 17.7 Å². The summed E-state index contributed by atoms with van der Waals surface area (Å²) in [6.45, 7) is 8.67. The molecule has 4 nitrogen and oxygen atoms in total. The summed E-state index contributed by atoms with van der Waals surface area (Å²) in [6, 6.07) is 8.70. The Morgan fingerprint density at radius 3 is 2.52 bits per heavy atom. The van der Waals surface area contributed by atoms with E-state index in [1.807, 2.05) is 0 Å². The van der Waals surface area contributed by atoms with Crippen LogP contribution in [0, 0.1) is 18.8 Å². The van der Waals surface area contributed by atoms with Gasteiger partial charge in [0.2, 0.25) is 0 Å². The average molecular weight is 421 g/mol. The minimum Gasteiger partial charge on any atom is -0.355 e. The molecule has 0 radical (unpaired) electrons. The zero-order valence-corrected chi connectivity index (χ0v) is 18.8. The van der Waals surface area contributed by atoms with Crippen LogP contribution in [-0.2, 0) is 0 Å². The molecule has 6 heteroatoms. The third kappa shape index (κ3) is 3.51. The lowest BCUT2D eigenvalue weighted by atomic mass is 9.96. The van der Waals surface area contributed by atoms with Gasteiger partial charge in [0.05, 0.1) is 21.1 Å². The van der Waals surface area contributed by atoms with Crippen LogP contribution in [0.15, 0.2) is 41.0 Å². The van der Waals surface area contributed by atoms with Crippen molar-refractivity contribution in [2.24, 2.45) is 16.8 Å². The van der Waals surface area contributed by atoms with Crippen LogP contribution >= 0.6 is 19.5 Å². The van der Waals surface area contributed by atoms with Crippen molar-refractivity contribution in [3.8, 4) is 11.1 Å². The van der Waals surface area contributed by atoms with Crippen LogP contribution in [0.4, 0.5) is 5.82 Å². The molecule has 1 saturated heterocycles. The highest BCUT2D eigenvalue weighted by Crippen LogP contribution is 2.39. The first-order valence-corrected chi connectivity index (χ1v) is 12.1. The minimum atomic E-state index is 0.580. The van der Waals surface area contributed by atoms with Crippen LogP contribution in [0.2, 0.25) is 0 Å². The zero-order valence-electron chi connectivity index (χ0n) is 17.1. The van der Waals surface area contributed by atoms with E-state index in [4.69, 9.17) is 4.99 Å². The Balaban J connectivity index is 1.35. The van der Waals surface area contributed by atoms with Gasteiger partial charge in [-0.3, -0.25) is 0 Å². The summed E-state index contributed by atoms with van der Waals surface area (Å²) in [7, 11) is 1.39. The summed E-state index contributed by atoms with van der Waals surface area (Å²) < 4.78 is 1.20. The van der Waals surface area contributed by atoms with Crippen molar-refractivity contribution < 1.29 is 0 Å². The quantitative estimate of drug-likeness (QED) is 0.484. The molecule has 0 spiro atoms. The van der Waals surface area contributed by atoms with Gasteiger partial charge in [-0.25, -0.2) is 15.0 Å². The predicted octanol–water partition coefficient (Wildman–Crippen LogP) is 6.03. The van der Waals surface area contributed by atoms with Crippen molar-refractivity contribution in [1.82, 2.24) is 9.97 Å². The van der Waals surface area contributed by atoms with Gasteiger partial charge in [-0.05, 0) is 33.5 Å². The second-order valence-corrected chi connectivity index (χ2v) is 10.3. The van der Waals surface area contributed by atoms with Gasteiger partial charge in [0.1, 0.15) is 12.1 Å². The number of piperidine rings is 1. The standard InChI is InChI=1S/C23H25N4PS/c1-14(2)22-26-23(28-22)17-8-10-27(11-9-17)21-20-19(24-13-25-21)18(12-29-20)16-6-4-15(3)5-7-16/h4-7,12-14,17H,8-11H2,1-3H3. The number of anilines is 1. The molecular weight excluding hydrogens is 395 g/mol. The molecule has 0 aliphatic carbocycles. The summed E-state index contributed by atoms with van der Waals surface area (Å²) in [4.78, 5) is 16.6. The monoisotopic (exact) mass is 420 g/mol. The summed E-state index contributed by atoms with van der Waals surface area (Å²) >= 11 is 1.76. The molecule has 3 aromatic rings. The first-order chi connectivity index (χ1) is 14.1. The first kappa shape index (κ1) is 18.9. The van der Waals surface area contributed by atoms with Crippen molar-refractivity contribution in [3.63, 3.8) is 0 Å². The summed E-state index contributed by atoms with van der Waals surface area (Å²) in [5.41, 5.74) is 7.54. The van der Waals surface area contributed by atoms with E-state index in [-0.39, 0.29) is 0 Å². The van der Waals surface area contributed by atoms with Crippen LogP contribution in [0.3, 0.4) is 0 Å². The van der Waals surface area contributed by atoms with Gasteiger partial charge in [-0.2, -0.15) is 0 Å². The topological polar surface area (TPSA) is 41.4 Å². The number of aryl methyl sites for hydroxylation is 1. The molecule has 148 valence electrons. The lowest BCUT2D eigenvalue weighted by Gasteiger charge is -2.34. The highest BCUT2D eigenvalue weighted by molar-refractivity contribution is 7.62. The number of hydrogen-bond acceptors (Lipinski definition) is 5. The number of aliphatic imine (C=N–C) groups is 1. The predicted molar refractivity (Wildman–Crippen MR) is 127 cm³/mol. The number of benzene rings is 1. The molecule has 0 amide bonds. The molecule has 2 aliphatic rings. The third-order valence-corrected chi connectivity index (χ3v) is 8.34. The fraction of sp³-hybridized carbons (Fsp3) is 0.391. The summed E-state index contributed by atoms with van der Waals surface area (Å²) in [5.74, 6) is 2.31. The zero-order chi connectivity index (χ0) is 20.0. The second kappa shape index (κ2) is 7.62. The first-order valence-electron chi connectivity index (χ1n) is 10.3. The van der Waals surface area contributed by atoms with Gasteiger partial charge in [0.15, 0.2) is 0 Å². The average Bonchev–Trinajstić information content (AvgIpc) is 3.12. The lowest BCUT2D eigenvalue weighted by molar-refractivity contribution is 0.501. The van der Waals surface area contributed by atoms with Crippen LogP contribution in [0.1, 0.15) is 32.3 Å². The van der Waals surface area contributed by atoms with Gasteiger partial charge in [-0.1, -0.05) is 43.7 Å². The lowest BCUT2D eigenvalue weighted by Crippen LogP contribution is -2.37. The summed E-state index contributed by atoms with van der Waals surface area (Å²) in [6.07, 6.45) is 4.06. The molecule has 0 N–H and O–H groups in total. The van der Waals surface area contributed by atoms with Crippen LogP contribution < -0.4 is 4.90 Å². The smallest absolute Gasteiger partial charge is 0.150 e. The van der Waals surface area contributed by atoms with Gasteiger partial charge in [0.25, 0.3) is 0 Å². The van der Waals surface area contributed by atoms with Crippen molar-refractivity contribution in [2.75, 3.05) is 18.0 Å². The number of hydrogen-bond donors (Lipinski definition) is 0. The van der Waals surface area contributed by atoms with Crippen LogP contribution in [-0.4, -0.2) is 33.9 Å². The molecule has 1 aromatic carbocycles. The SMILES string of the molecule is Cc1ccc(-c2csc3c(N4CCC(C5=PC(C(C)C)=N5)CC4)ncnc23)cc1. The Morgan fingerprint density at radius 1 is 1.10 bits per heavy atom. The molecule has 0 unspecified atom stereocenters. The van der Waals surface area contributed by atoms with E-state index < -0.39 is 0 Å². The van der Waals surface area contributed by atoms with Crippen LogP contribution in [0.25, 0.3) is 21.3 Å². The van der Waals surface area contributed by atoms with E-state index in [9.17, 15) is 0 Å². The van der Waals surface area contributed by atoms with Gasteiger partial charge >= 0.3 is 0 Å². The number of nitrogens with zero attached hydrogens (tertiary/aromatic N) is 4. The minimum absolute atomic E-state index is 0.580. The van der Waals surface area contributed by atoms with Crippen molar-refractivity contribution in [3.05, 3.63) is 41.5 Å². The Hall–Kier alpha value is -2.10. The van der Waals surface area contributed by atoms with E-state index in [0.717, 1.165) is 24.4 Å². The van der Waals surface area contributed by atoms with Gasteiger partial charge in [-0.15, -0.1) is 11.3 Å². The second-order valence-electron chi connectivity index (χ2n) is 8.25. The highest BCUT2D eigenvalue weighted by atomic mass is 32.1. The van der Waals surface area contributed by atoms with E-state index in [2.05, 4.69) is 65.3 Å². The normalized spacial score (nSPS) is 18.0. The largest absolute Gasteiger partial charge is 0.355 e. The number of aromatic nitrogens is 2. The molecule has 0 saturated carbocycles. The highest BCUT2D eigenvalue weighted by Gasteiger charge is 2.28. The maximum absolute atomic E-state index is 4.81. The molecule has 4 heterocycles. The number of thiophene rings is 1. The van der Waals surface area contributed by atoms with Crippen molar-refractivity contribution >= 4 is 46.4 Å². The molecular formula is C23H25N4PS. The van der Waals surface area contributed by atoms with E-state index in [0.29, 0.717) is 11.8 Å². The maximum atomic E-state index is 4.81. The van der Waals surface area contributed by atoms with Crippen molar-refractivity contribution in [1.29, 1.82) is 0 Å². The fourth-order valence-corrected chi connectivity index (χ4v) is 6.18. The third-order valence-electron chi connectivity index (χ3n) is 5.83. The number of rotatable bonds is 4. The van der Waals surface area contributed by atoms with Gasteiger partial charge < -0.3 is 4.90 Å². The molecule has 5 rings (SSSR count). The van der Waals surface area contributed by atoms with E-state index >= 15 is 0 Å². The molecule has 29 heavy (non-hydrogen) atoms. The van der Waals surface area contributed by atoms with Gasteiger partial charge in [0, 0.05) is 35.9 Å². The fourth-order valence-electron chi connectivity index (χ4n) is 4.03. The summed E-state index contributed by atoms with van der Waals surface area (Å²) in [5, 5.41) is 2.23. The Morgan fingerprint density at radius 2 is 1.83 bits per heavy atom. The van der Waals surface area contributed by atoms with E-state index in [1.165, 1.54) is 53.3 Å². The van der Waals surface area contributed by atoms with Crippen molar-refractivity contribution in [2.45, 2.75) is 33.6 Å². The van der Waals surface area contributed by atoms with Crippen LogP contribution in [0.5, 0.6) is 0 Å². The molecule has 2 aliphatic heterocycles.